The van der Waals surface area contributed by atoms with Crippen LogP contribution in [0.15, 0.2) is 77.4 Å². The van der Waals surface area contributed by atoms with Crippen molar-refractivity contribution in [2.45, 2.75) is 0 Å². The molecule has 28 heavy (non-hydrogen) atoms. The first-order valence-corrected chi connectivity index (χ1v) is 8.79. The number of fused-ring (bicyclic) bond motifs is 2. The molecule has 0 radical (unpaired) electrons. The number of rotatable bonds is 3. The number of aromatic nitrogens is 3. The van der Waals surface area contributed by atoms with Crippen LogP contribution < -0.4 is 10.4 Å². The van der Waals surface area contributed by atoms with Crippen LogP contribution in [0.4, 0.5) is 5.69 Å². The number of hydrogen-bond acceptors (Lipinski definition) is 5. The second kappa shape index (κ2) is 6.59. The van der Waals surface area contributed by atoms with Gasteiger partial charge >= 0.3 is 0 Å². The van der Waals surface area contributed by atoms with Gasteiger partial charge in [0.05, 0.1) is 11.4 Å². The number of pyridine rings is 2. The minimum absolute atomic E-state index is 0.0995. The van der Waals surface area contributed by atoms with Gasteiger partial charge in [-0.3, -0.25) is 4.98 Å². The van der Waals surface area contributed by atoms with Crippen molar-refractivity contribution in [1.29, 1.82) is 0 Å². The SMILES string of the molecule is Oc1[nH]c2ncccc2c1C=c1ccc2c(c1)N=NC=2C=Cc1cccnc1. The highest BCUT2D eigenvalue weighted by molar-refractivity contribution is 5.89. The van der Waals surface area contributed by atoms with Crippen molar-refractivity contribution in [1.82, 2.24) is 15.0 Å². The molecule has 0 fully saturated rings. The number of nitrogens with zero attached hydrogens (tertiary/aromatic N) is 4. The molecule has 6 nitrogen and oxygen atoms in total. The summed E-state index contributed by atoms with van der Waals surface area (Å²) in [7, 11) is 0. The van der Waals surface area contributed by atoms with Crippen molar-refractivity contribution in [3.63, 3.8) is 0 Å². The van der Waals surface area contributed by atoms with Crippen molar-refractivity contribution >= 4 is 34.6 Å². The standard InChI is InChI=1S/C22H15N5O/c28-22-18(16-4-2-10-24-21(16)25-22)11-15-5-7-17-19(26-27-20(17)12-15)8-6-14-3-1-9-23-13-14/h1-13,28H,(H,24,25). The molecule has 0 unspecified atom stereocenters. The van der Waals surface area contributed by atoms with Crippen molar-refractivity contribution < 1.29 is 5.11 Å². The Morgan fingerprint density at radius 1 is 0.964 bits per heavy atom. The van der Waals surface area contributed by atoms with Gasteiger partial charge in [-0.25, -0.2) is 4.98 Å². The fourth-order valence-electron chi connectivity index (χ4n) is 3.21. The lowest BCUT2D eigenvalue weighted by molar-refractivity contribution is 0.457. The van der Waals surface area contributed by atoms with E-state index in [0.29, 0.717) is 11.2 Å². The molecule has 134 valence electrons. The fraction of sp³-hybridized carbons (Fsp3) is 0. The number of H-pyrrole nitrogens is 1. The topological polar surface area (TPSA) is 86.5 Å². The highest BCUT2D eigenvalue weighted by Crippen LogP contribution is 2.26. The van der Waals surface area contributed by atoms with Gasteiger partial charge in [-0.1, -0.05) is 18.2 Å². The van der Waals surface area contributed by atoms with Crippen molar-refractivity contribution in [2.75, 3.05) is 0 Å². The van der Waals surface area contributed by atoms with Crippen LogP contribution >= 0.6 is 0 Å². The van der Waals surface area contributed by atoms with E-state index in [0.717, 1.165) is 32.8 Å². The Hall–Kier alpha value is -4.06. The quantitative estimate of drug-likeness (QED) is 0.583. The minimum atomic E-state index is 0.0995. The van der Waals surface area contributed by atoms with Crippen LogP contribution in [0.2, 0.25) is 0 Å². The summed E-state index contributed by atoms with van der Waals surface area (Å²) in [5.74, 6) is 0.0995. The van der Waals surface area contributed by atoms with Gasteiger partial charge in [0.2, 0.25) is 0 Å². The maximum atomic E-state index is 10.2. The number of nitrogens with one attached hydrogen (secondary N) is 1. The molecule has 0 saturated heterocycles. The number of benzene rings is 1. The van der Waals surface area contributed by atoms with Gasteiger partial charge in [0.25, 0.3) is 0 Å². The predicted octanol–water partition coefficient (Wildman–Crippen LogP) is 3.41. The summed E-state index contributed by atoms with van der Waals surface area (Å²) in [5.41, 5.74) is 3.98. The van der Waals surface area contributed by atoms with Gasteiger partial charge in [-0.2, -0.15) is 0 Å². The van der Waals surface area contributed by atoms with Crippen molar-refractivity contribution in [2.24, 2.45) is 10.2 Å². The van der Waals surface area contributed by atoms with E-state index < -0.39 is 0 Å². The van der Waals surface area contributed by atoms with Crippen LogP contribution in [0, 0.1) is 0 Å². The normalized spacial score (nSPS) is 13.7. The molecule has 0 aliphatic carbocycles. The first kappa shape index (κ1) is 16.1. The van der Waals surface area contributed by atoms with Crippen LogP contribution in [0.25, 0.3) is 28.9 Å². The Bertz CT molecular complexity index is 1370. The van der Waals surface area contributed by atoms with Crippen LogP contribution in [0.5, 0.6) is 5.88 Å². The van der Waals surface area contributed by atoms with E-state index >= 15 is 0 Å². The van der Waals surface area contributed by atoms with Gasteiger partial charge in [0, 0.05) is 34.8 Å². The average Bonchev–Trinajstić information content (AvgIpc) is 3.28. The number of hydrogen-bond donors (Lipinski definition) is 2. The molecule has 0 bridgehead atoms. The largest absolute Gasteiger partial charge is 0.494 e. The van der Waals surface area contributed by atoms with E-state index in [2.05, 4.69) is 25.2 Å². The molecule has 0 saturated carbocycles. The van der Waals surface area contributed by atoms with Crippen LogP contribution in [0.3, 0.4) is 0 Å². The van der Waals surface area contributed by atoms with E-state index in [1.54, 1.807) is 18.6 Å². The zero-order chi connectivity index (χ0) is 18.9. The zero-order valence-corrected chi connectivity index (χ0v) is 14.7. The lowest BCUT2D eigenvalue weighted by Gasteiger charge is -1.94. The Labute approximate surface area is 160 Å². The summed E-state index contributed by atoms with van der Waals surface area (Å²) < 4.78 is 0. The first-order chi connectivity index (χ1) is 13.8. The molecule has 0 spiro atoms. The highest BCUT2D eigenvalue weighted by atomic mass is 16.3. The Morgan fingerprint density at radius 2 is 1.89 bits per heavy atom. The Morgan fingerprint density at radius 3 is 2.79 bits per heavy atom. The van der Waals surface area contributed by atoms with Crippen LogP contribution in [-0.4, -0.2) is 20.1 Å². The van der Waals surface area contributed by atoms with Gasteiger partial charge < -0.3 is 10.1 Å². The number of azo groups is 1. The summed E-state index contributed by atoms with van der Waals surface area (Å²) in [6.07, 6.45) is 11.0. The maximum absolute atomic E-state index is 10.2. The summed E-state index contributed by atoms with van der Waals surface area (Å²) in [6, 6.07) is 13.6. The summed E-state index contributed by atoms with van der Waals surface area (Å²) >= 11 is 0. The van der Waals surface area contributed by atoms with E-state index in [-0.39, 0.29) is 5.88 Å². The Balaban J connectivity index is 1.56. The summed E-state index contributed by atoms with van der Waals surface area (Å²) in [4.78, 5) is 11.2. The lowest BCUT2D eigenvalue weighted by atomic mass is 10.1. The molecule has 1 aromatic carbocycles. The van der Waals surface area contributed by atoms with E-state index in [4.69, 9.17) is 0 Å². The maximum Gasteiger partial charge on any atom is 0.198 e. The smallest absolute Gasteiger partial charge is 0.198 e. The van der Waals surface area contributed by atoms with Crippen molar-refractivity contribution in [3.8, 4) is 5.88 Å². The van der Waals surface area contributed by atoms with Crippen LogP contribution in [0.1, 0.15) is 11.1 Å². The molecule has 1 aliphatic heterocycles. The summed E-state index contributed by atoms with van der Waals surface area (Å²) in [6.45, 7) is 0. The number of aromatic hydroxyl groups is 1. The lowest BCUT2D eigenvalue weighted by Crippen LogP contribution is -2.08. The molecule has 4 aromatic rings. The third-order valence-corrected chi connectivity index (χ3v) is 4.58. The van der Waals surface area contributed by atoms with Crippen molar-refractivity contribution in [3.05, 3.63) is 88.7 Å². The first-order valence-electron chi connectivity index (χ1n) is 8.79. The molecule has 6 heteroatoms. The molecular weight excluding hydrogens is 350 g/mol. The van der Waals surface area contributed by atoms with Gasteiger partial charge in [-0.15, -0.1) is 10.2 Å². The van der Waals surface area contributed by atoms with Crippen LogP contribution in [-0.2, 0) is 0 Å². The second-order valence-corrected chi connectivity index (χ2v) is 6.41. The van der Waals surface area contributed by atoms with Gasteiger partial charge in [0.15, 0.2) is 5.88 Å². The molecule has 4 heterocycles. The van der Waals surface area contributed by atoms with E-state index in [1.165, 1.54) is 0 Å². The van der Waals surface area contributed by atoms with E-state index in [1.807, 2.05) is 60.7 Å². The molecule has 0 atom stereocenters. The predicted molar refractivity (Wildman–Crippen MR) is 108 cm³/mol. The van der Waals surface area contributed by atoms with E-state index in [9.17, 15) is 5.11 Å². The summed E-state index contributed by atoms with van der Waals surface area (Å²) in [5, 5.41) is 21.6. The van der Waals surface area contributed by atoms with Gasteiger partial charge in [0.1, 0.15) is 5.65 Å². The number of aromatic amines is 1. The molecule has 5 rings (SSSR count). The molecule has 2 N–H and O–H groups in total. The highest BCUT2D eigenvalue weighted by Gasteiger charge is 2.10. The molecule has 3 aromatic heterocycles. The van der Waals surface area contributed by atoms with Gasteiger partial charge in [-0.05, 0) is 53.3 Å². The molecular formula is C22H15N5O. The molecule has 1 aliphatic rings. The third kappa shape index (κ3) is 2.87. The fourth-order valence-corrected chi connectivity index (χ4v) is 3.21. The Kier molecular flexibility index (Phi) is 3.80. The zero-order valence-electron chi connectivity index (χ0n) is 14.7. The molecule has 0 amide bonds. The monoisotopic (exact) mass is 365 g/mol. The third-order valence-electron chi connectivity index (χ3n) is 4.58. The second-order valence-electron chi connectivity index (χ2n) is 6.41. The minimum Gasteiger partial charge on any atom is -0.494 e. The average molecular weight is 365 g/mol.